The summed E-state index contributed by atoms with van der Waals surface area (Å²) >= 11 is 0. The summed E-state index contributed by atoms with van der Waals surface area (Å²) in [6.07, 6.45) is 4.65. The van der Waals surface area contributed by atoms with Gasteiger partial charge in [0.1, 0.15) is 5.60 Å². The van der Waals surface area contributed by atoms with E-state index in [0.717, 1.165) is 6.42 Å². The van der Waals surface area contributed by atoms with Gasteiger partial charge in [0.25, 0.3) is 5.78 Å². The number of carboxylic acids is 1. The number of hydrogen-bond donors (Lipinski definition) is 2. The van der Waals surface area contributed by atoms with Gasteiger partial charge in [-0.25, -0.2) is 4.79 Å². The Hall–Kier alpha value is -1.16. The van der Waals surface area contributed by atoms with Crippen molar-refractivity contribution in [1.82, 2.24) is 0 Å². The second-order valence-corrected chi connectivity index (χ2v) is 4.03. The molecule has 84 valence electrons. The summed E-state index contributed by atoms with van der Waals surface area (Å²) in [6.45, 7) is 3.55. The van der Waals surface area contributed by atoms with E-state index in [9.17, 15) is 14.7 Å². The third-order valence-electron chi connectivity index (χ3n) is 3.07. The van der Waals surface area contributed by atoms with Crippen LogP contribution in [0.4, 0.5) is 0 Å². The maximum atomic E-state index is 11.4. The smallest absolute Gasteiger partial charge is 0.375 e. The summed E-state index contributed by atoms with van der Waals surface area (Å²) in [4.78, 5) is 22.0. The van der Waals surface area contributed by atoms with E-state index in [1.165, 1.54) is 0 Å². The Kier molecular flexibility index (Phi) is 3.63. The third kappa shape index (κ3) is 2.26. The first-order valence-corrected chi connectivity index (χ1v) is 5.13. The Morgan fingerprint density at radius 1 is 1.47 bits per heavy atom. The van der Waals surface area contributed by atoms with E-state index in [4.69, 9.17) is 5.11 Å². The van der Waals surface area contributed by atoms with E-state index in [0.29, 0.717) is 19.3 Å². The fraction of sp³-hybridized carbons (Fsp3) is 0.636. The lowest BCUT2D eigenvalue weighted by atomic mass is 9.71. The van der Waals surface area contributed by atoms with Gasteiger partial charge in [-0.2, -0.15) is 0 Å². The molecule has 15 heavy (non-hydrogen) atoms. The van der Waals surface area contributed by atoms with E-state index >= 15 is 0 Å². The van der Waals surface area contributed by atoms with Gasteiger partial charge < -0.3 is 10.2 Å². The van der Waals surface area contributed by atoms with E-state index in [1.807, 2.05) is 0 Å². The van der Waals surface area contributed by atoms with Crippen molar-refractivity contribution in [2.75, 3.05) is 0 Å². The van der Waals surface area contributed by atoms with Crippen LogP contribution in [0.25, 0.3) is 0 Å². The summed E-state index contributed by atoms with van der Waals surface area (Å²) in [5.41, 5.74) is -1.68. The molecule has 0 aromatic heterocycles. The molecule has 1 fully saturated rings. The molecule has 0 aliphatic heterocycles. The van der Waals surface area contributed by atoms with Crippen LogP contribution < -0.4 is 0 Å². The van der Waals surface area contributed by atoms with Crippen molar-refractivity contribution in [2.24, 2.45) is 5.92 Å². The van der Waals surface area contributed by atoms with Gasteiger partial charge in [-0.1, -0.05) is 18.9 Å². The second-order valence-electron chi connectivity index (χ2n) is 4.03. The van der Waals surface area contributed by atoms with Crippen LogP contribution in [0, 0.1) is 5.92 Å². The average molecular weight is 212 g/mol. The molecule has 0 bridgehead atoms. The molecular formula is C11H16O4. The summed E-state index contributed by atoms with van der Waals surface area (Å²) in [5.74, 6) is -2.92. The highest BCUT2D eigenvalue weighted by molar-refractivity contribution is 6.36. The van der Waals surface area contributed by atoms with Crippen molar-refractivity contribution in [3.63, 3.8) is 0 Å². The number of hydrogen-bond acceptors (Lipinski definition) is 3. The number of carboxylic acid groups (broad SMARTS) is 1. The van der Waals surface area contributed by atoms with Gasteiger partial charge in [0.2, 0.25) is 0 Å². The monoisotopic (exact) mass is 212 g/mol. The van der Waals surface area contributed by atoms with Gasteiger partial charge in [-0.3, -0.25) is 4.79 Å². The molecule has 1 aliphatic rings. The minimum atomic E-state index is -1.68. The SMILES string of the molecule is C=CCC1CCCCC1(O)C(=O)C(=O)O. The van der Waals surface area contributed by atoms with Crippen LogP contribution >= 0.6 is 0 Å². The van der Waals surface area contributed by atoms with E-state index in [1.54, 1.807) is 6.08 Å². The quantitative estimate of drug-likeness (QED) is 0.541. The highest BCUT2D eigenvalue weighted by atomic mass is 16.4. The summed E-state index contributed by atoms with van der Waals surface area (Å²) in [7, 11) is 0. The first-order chi connectivity index (χ1) is 7.02. The molecule has 0 amide bonds. The molecule has 0 heterocycles. The molecule has 0 radical (unpaired) electrons. The first kappa shape index (κ1) is 11.9. The zero-order chi connectivity index (χ0) is 11.5. The maximum Gasteiger partial charge on any atom is 0.375 e. The van der Waals surface area contributed by atoms with Crippen LogP contribution in [-0.4, -0.2) is 27.6 Å². The van der Waals surface area contributed by atoms with E-state index < -0.39 is 17.4 Å². The van der Waals surface area contributed by atoms with E-state index in [-0.39, 0.29) is 12.3 Å². The Labute approximate surface area is 88.6 Å². The van der Waals surface area contributed by atoms with Crippen molar-refractivity contribution < 1.29 is 19.8 Å². The predicted molar refractivity (Wildman–Crippen MR) is 54.4 cm³/mol. The van der Waals surface area contributed by atoms with Crippen LogP contribution in [0.3, 0.4) is 0 Å². The van der Waals surface area contributed by atoms with Gasteiger partial charge in [-0.15, -0.1) is 6.58 Å². The van der Waals surface area contributed by atoms with Gasteiger partial charge in [0.15, 0.2) is 0 Å². The number of carbonyl (C=O) groups excluding carboxylic acids is 1. The van der Waals surface area contributed by atoms with Crippen LogP contribution in [0.15, 0.2) is 12.7 Å². The summed E-state index contributed by atoms with van der Waals surface area (Å²) in [5, 5.41) is 18.8. The van der Waals surface area contributed by atoms with Gasteiger partial charge in [0, 0.05) is 0 Å². The fourth-order valence-corrected chi connectivity index (χ4v) is 2.23. The zero-order valence-corrected chi connectivity index (χ0v) is 8.61. The van der Waals surface area contributed by atoms with Crippen molar-refractivity contribution in [3.8, 4) is 0 Å². The minimum absolute atomic E-state index is 0.247. The molecule has 2 atom stereocenters. The molecule has 2 unspecified atom stereocenters. The highest BCUT2D eigenvalue weighted by Crippen LogP contribution is 2.36. The third-order valence-corrected chi connectivity index (χ3v) is 3.07. The first-order valence-electron chi connectivity index (χ1n) is 5.13. The lowest BCUT2D eigenvalue weighted by Crippen LogP contribution is -2.50. The van der Waals surface area contributed by atoms with Crippen LogP contribution in [0.1, 0.15) is 32.1 Å². The van der Waals surface area contributed by atoms with Crippen molar-refractivity contribution in [2.45, 2.75) is 37.7 Å². The Bertz CT molecular complexity index is 284. The molecule has 4 nitrogen and oxygen atoms in total. The highest BCUT2D eigenvalue weighted by Gasteiger charge is 2.47. The Morgan fingerprint density at radius 3 is 2.67 bits per heavy atom. The number of carbonyl (C=O) groups is 2. The number of ketones is 1. The molecule has 1 aliphatic carbocycles. The van der Waals surface area contributed by atoms with Crippen LogP contribution in [-0.2, 0) is 9.59 Å². The molecule has 0 saturated heterocycles. The minimum Gasteiger partial charge on any atom is -0.475 e. The largest absolute Gasteiger partial charge is 0.475 e. The molecule has 4 heteroatoms. The van der Waals surface area contributed by atoms with Crippen molar-refractivity contribution >= 4 is 11.8 Å². The lowest BCUT2D eigenvalue weighted by molar-refractivity contribution is -0.164. The van der Waals surface area contributed by atoms with E-state index in [2.05, 4.69) is 6.58 Å². The van der Waals surface area contributed by atoms with Crippen LogP contribution in [0.2, 0.25) is 0 Å². The molecule has 1 saturated carbocycles. The number of allylic oxidation sites excluding steroid dienone is 1. The van der Waals surface area contributed by atoms with Crippen LogP contribution in [0.5, 0.6) is 0 Å². The van der Waals surface area contributed by atoms with Gasteiger partial charge in [0.05, 0.1) is 0 Å². The molecule has 1 rings (SSSR count). The number of Topliss-reactive ketones (excluding diaryl/α,β-unsaturated/α-hetero) is 1. The second kappa shape index (κ2) is 4.57. The Morgan fingerprint density at radius 2 is 2.13 bits per heavy atom. The molecule has 0 aromatic rings. The standard InChI is InChI=1S/C11H16O4/c1-2-5-8-6-3-4-7-11(8,15)9(12)10(13)14/h2,8,15H,1,3-7H2,(H,13,14). The topological polar surface area (TPSA) is 74.6 Å². The number of aliphatic carboxylic acids is 1. The molecular weight excluding hydrogens is 196 g/mol. The fourth-order valence-electron chi connectivity index (χ4n) is 2.23. The average Bonchev–Trinajstić information content (AvgIpc) is 2.20. The number of aliphatic hydroxyl groups is 1. The van der Waals surface area contributed by atoms with Gasteiger partial charge in [-0.05, 0) is 25.2 Å². The van der Waals surface area contributed by atoms with Crippen molar-refractivity contribution in [3.05, 3.63) is 12.7 Å². The predicted octanol–water partition coefficient (Wildman–Crippen LogP) is 1.14. The molecule has 2 N–H and O–H groups in total. The van der Waals surface area contributed by atoms with Gasteiger partial charge >= 0.3 is 5.97 Å². The summed E-state index contributed by atoms with van der Waals surface area (Å²) < 4.78 is 0. The zero-order valence-electron chi connectivity index (χ0n) is 8.61. The maximum absolute atomic E-state index is 11.4. The normalized spacial score (nSPS) is 30.9. The lowest BCUT2D eigenvalue weighted by Gasteiger charge is -2.37. The summed E-state index contributed by atoms with van der Waals surface area (Å²) in [6, 6.07) is 0. The molecule has 0 spiro atoms. The van der Waals surface area contributed by atoms with Crippen molar-refractivity contribution in [1.29, 1.82) is 0 Å². The number of rotatable bonds is 4. The Balaban J connectivity index is 2.89. The molecule has 0 aromatic carbocycles.